The highest BCUT2D eigenvalue weighted by Crippen LogP contribution is 2.10. The Balaban J connectivity index is 3.41. The first-order chi connectivity index (χ1) is 5.95. The minimum Gasteiger partial charge on any atom is -0.460 e. The third-order valence-corrected chi connectivity index (χ3v) is 1.46. The van der Waals surface area contributed by atoms with Crippen LogP contribution in [0.4, 0.5) is 0 Å². The molecule has 0 amide bonds. The summed E-state index contributed by atoms with van der Waals surface area (Å²) in [5.41, 5.74) is -0.381. The Morgan fingerprint density at radius 3 is 2.31 bits per heavy atom. The lowest BCUT2D eigenvalue weighted by Gasteiger charge is -2.19. The number of esters is 1. The molecule has 0 heterocycles. The van der Waals surface area contributed by atoms with Crippen LogP contribution in [0.25, 0.3) is 0 Å². The number of carbonyl (C=O) groups excluding carboxylic acids is 1. The number of aliphatic hydroxyl groups is 1. The first-order valence-electron chi connectivity index (χ1n) is 4.78. The van der Waals surface area contributed by atoms with Crippen LogP contribution in [0.3, 0.4) is 0 Å². The standard InChI is InChI=1S/C10H20O3/c1-10(2,3)13-9(12)7-5-4-6-8-11/h11H,4-8H2,1-3H3. The second kappa shape index (κ2) is 5.97. The highest BCUT2D eigenvalue weighted by Gasteiger charge is 2.15. The summed E-state index contributed by atoms with van der Waals surface area (Å²) in [6.07, 6.45) is 2.91. The van der Waals surface area contributed by atoms with E-state index in [9.17, 15) is 4.79 Å². The molecule has 78 valence electrons. The van der Waals surface area contributed by atoms with Crippen molar-refractivity contribution in [2.24, 2.45) is 0 Å². The van der Waals surface area contributed by atoms with Gasteiger partial charge in [-0.15, -0.1) is 0 Å². The first-order valence-corrected chi connectivity index (χ1v) is 4.78. The van der Waals surface area contributed by atoms with Gasteiger partial charge >= 0.3 is 5.97 Å². The van der Waals surface area contributed by atoms with Crippen molar-refractivity contribution in [2.75, 3.05) is 6.61 Å². The highest BCUT2D eigenvalue weighted by atomic mass is 16.6. The molecule has 0 saturated heterocycles. The van der Waals surface area contributed by atoms with Crippen molar-refractivity contribution in [3.63, 3.8) is 0 Å². The van der Waals surface area contributed by atoms with Crippen molar-refractivity contribution in [1.29, 1.82) is 0 Å². The molecule has 3 heteroatoms. The summed E-state index contributed by atoms with van der Waals surface area (Å²) in [4.78, 5) is 11.1. The fourth-order valence-corrected chi connectivity index (χ4v) is 0.950. The number of hydrogen-bond acceptors (Lipinski definition) is 3. The van der Waals surface area contributed by atoms with Gasteiger partial charge in [-0.2, -0.15) is 0 Å². The van der Waals surface area contributed by atoms with Gasteiger partial charge in [-0.05, 0) is 33.6 Å². The monoisotopic (exact) mass is 188 g/mol. The Labute approximate surface area is 80.1 Å². The molecule has 0 saturated carbocycles. The van der Waals surface area contributed by atoms with Gasteiger partial charge in [-0.1, -0.05) is 6.42 Å². The number of unbranched alkanes of at least 4 members (excludes halogenated alkanes) is 2. The van der Waals surface area contributed by atoms with E-state index < -0.39 is 0 Å². The second-order valence-electron chi connectivity index (χ2n) is 4.12. The van der Waals surface area contributed by atoms with Crippen LogP contribution in [0.1, 0.15) is 46.5 Å². The molecule has 0 aliphatic heterocycles. The summed E-state index contributed by atoms with van der Waals surface area (Å²) < 4.78 is 5.12. The zero-order valence-electron chi connectivity index (χ0n) is 8.80. The maximum absolute atomic E-state index is 11.1. The molecular formula is C10H20O3. The Morgan fingerprint density at radius 2 is 1.85 bits per heavy atom. The van der Waals surface area contributed by atoms with Crippen LogP contribution in [-0.2, 0) is 9.53 Å². The first kappa shape index (κ1) is 12.4. The topological polar surface area (TPSA) is 46.5 Å². The summed E-state index contributed by atoms with van der Waals surface area (Å²) in [6.45, 7) is 5.78. The molecule has 0 aromatic heterocycles. The quantitative estimate of drug-likeness (QED) is 0.529. The maximum atomic E-state index is 11.1. The molecule has 0 aliphatic carbocycles. The van der Waals surface area contributed by atoms with Crippen LogP contribution >= 0.6 is 0 Å². The zero-order valence-corrected chi connectivity index (χ0v) is 8.80. The molecule has 0 unspecified atom stereocenters. The molecule has 1 N–H and O–H groups in total. The zero-order chi connectivity index (χ0) is 10.3. The fraction of sp³-hybridized carbons (Fsp3) is 0.900. The van der Waals surface area contributed by atoms with E-state index in [-0.39, 0.29) is 18.2 Å². The van der Waals surface area contributed by atoms with E-state index in [0.717, 1.165) is 19.3 Å². The van der Waals surface area contributed by atoms with Gasteiger partial charge < -0.3 is 9.84 Å². The average molecular weight is 188 g/mol. The third kappa shape index (κ3) is 9.34. The van der Waals surface area contributed by atoms with Crippen LogP contribution in [-0.4, -0.2) is 23.3 Å². The molecule has 13 heavy (non-hydrogen) atoms. The molecule has 0 atom stereocenters. The number of ether oxygens (including phenoxy) is 1. The summed E-state index contributed by atoms with van der Waals surface area (Å²) in [6, 6.07) is 0. The van der Waals surface area contributed by atoms with Gasteiger partial charge in [-0.3, -0.25) is 4.79 Å². The number of rotatable bonds is 5. The maximum Gasteiger partial charge on any atom is 0.306 e. The van der Waals surface area contributed by atoms with Crippen LogP contribution in [0.15, 0.2) is 0 Å². The normalized spacial score (nSPS) is 11.4. The SMILES string of the molecule is CC(C)(C)OC(=O)CCCCCO. The van der Waals surface area contributed by atoms with Crippen molar-refractivity contribution in [1.82, 2.24) is 0 Å². The van der Waals surface area contributed by atoms with Crippen molar-refractivity contribution >= 4 is 5.97 Å². The molecule has 0 rings (SSSR count). The van der Waals surface area contributed by atoms with Gasteiger partial charge in [0, 0.05) is 13.0 Å². The van der Waals surface area contributed by atoms with Crippen LogP contribution in [0.5, 0.6) is 0 Å². The lowest BCUT2D eigenvalue weighted by molar-refractivity contribution is -0.154. The summed E-state index contributed by atoms with van der Waals surface area (Å²) in [5, 5.41) is 8.50. The Bertz CT molecular complexity index is 147. The van der Waals surface area contributed by atoms with Crippen LogP contribution in [0, 0.1) is 0 Å². The van der Waals surface area contributed by atoms with Gasteiger partial charge in [0.2, 0.25) is 0 Å². The smallest absolute Gasteiger partial charge is 0.306 e. The molecule has 0 aliphatic rings. The predicted molar refractivity (Wildman–Crippen MR) is 51.4 cm³/mol. The van der Waals surface area contributed by atoms with E-state index in [1.165, 1.54) is 0 Å². The van der Waals surface area contributed by atoms with Crippen molar-refractivity contribution < 1.29 is 14.6 Å². The summed E-state index contributed by atoms with van der Waals surface area (Å²) >= 11 is 0. The molecular weight excluding hydrogens is 168 g/mol. The minimum absolute atomic E-state index is 0.148. The summed E-state index contributed by atoms with van der Waals surface area (Å²) in [5.74, 6) is -0.148. The van der Waals surface area contributed by atoms with Gasteiger partial charge in [0.25, 0.3) is 0 Å². The predicted octanol–water partition coefficient (Wildman–Crippen LogP) is 1.88. The van der Waals surface area contributed by atoms with E-state index >= 15 is 0 Å². The molecule has 0 radical (unpaired) electrons. The van der Waals surface area contributed by atoms with Crippen molar-refractivity contribution in [3.05, 3.63) is 0 Å². The minimum atomic E-state index is -0.381. The van der Waals surface area contributed by atoms with Gasteiger partial charge in [0.1, 0.15) is 5.60 Å². The molecule has 0 fully saturated rings. The number of hydrogen-bond donors (Lipinski definition) is 1. The van der Waals surface area contributed by atoms with Gasteiger partial charge in [0.15, 0.2) is 0 Å². The largest absolute Gasteiger partial charge is 0.460 e. The van der Waals surface area contributed by atoms with Gasteiger partial charge in [-0.25, -0.2) is 0 Å². The van der Waals surface area contributed by atoms with E-state index in [4.69, 9.17) is 9.84 Å². The molecule has 0 aromatic rings. The lowest BCUT2D eigenvalue weighted by atomic mass is 10.1. The van der Waals surface area contributed by atoms with Crippen LogP contribution < -0.4 is 0 Å². The van der Waals surface area contributed by atoms with Crippen LogP contribution in [0.2, 0.25) is 0 Å². The Kier molecular flexibility index (Phi) is 5.71. The molecule has 0 aromatic carbocycles. The van der Waals surface area contributed by atoms with E-state index in [2.05, 4.69) is 0 Å². The second-order valence-corrected chi connectivity index (χ2v) is 4.12. The van der Waals surface area contributed by atoms with Crippen molar-refractivity contribution in [3.8, 4) is 0 Å². The lowest BCUT2D eigenvalue weighted by Crippen LogP contribution is -2.23. The molecule has 0 spiro atoms. The van der Waals surface area contributed by atoms with Crippen molar-refractivity contribution in [2.45, 2.75) is 52.1 Å². The fourth-order valence-electron chi connectivity index (χ4n) is 0.950. The Morgan fingerprint density at radius 1 is 1.23 bits per heavy atom. The Hall–Kier alpha value is -0.570. The number of aliphatic hydroxyl groups excluding tert-OH is 1. The molecule has 3 nitrogen and oxygen atoms in total. The van der Waals surface area contributed by atoms with E-state index in [1.807, 2.05) is 20.8 Å². The number of carbonyl (C=O) groups is 1. The highest BCUT2D eigenvalue weighted by molar-refractivity contribution is 5.69. The van der Waals surface area contributed by atoms with Gasteiger partial charge in [0.05, 0.1) is 0 Å². The third-order valence-electron chi connectivity index (χ3n) is 1.46. The average Bonchev–Trinajstić information content (AvgIpc) is 1.94. The van der Waals surface area contributed by atoms with E-state index in [1.54, 1.807) is 0 Å². The van der Waals surface area contributed by atoms with E-state index in [0.29, 0.717) is 6.42 Å². The summed E-state index contributed by atoms with van der Waals surface area (Å²) in [7, 11) is 0. The molecule has 0 bridgehead atoms.